The Bertz CT molecular complexity index is 384. The van der Waals surface area contributed by atoms with Crippen molar-refractivity contribution < 1.29 is 13.2 Å². The number of nitrogens with two attached hydrogens (primary N) is 1. The summed E-state index contributed by atoms with van der Waals surface area (Å²) in [6, 6.07) is 2.56. The minimum absolute atomic E-state index is 0.0468. The van der Waals surface area contributed by atoms with Crippen LogP contribution >= 0.6 is 0 Å². The zero-order valence-electron chi connectivity index (χ0n) is 6.97. The molecule has 0 unspecified atom stereocenters. The van der Waals surface area contributed by atoms with E-state index in [0.29, 0.717) is 0 Å². The molecule has 1 rings (SSSR count). The first-order valence-corrected chi connectivity index (χ1v) is 3.66. The van der Waals surface area contributed by atoms with E-state index in [-0.39, 0.29) is 12.1 Å². The quantitative estimate of drug-likeness (QED) is 0.793. The zero-order valence-corrected chi connectivity index (χ0v) is 6.97. The van der Waals surface area contributed by atoms with Crippen molar-refractivity contribution in [1.82, 2.24) is 4.98 Å². The second-order valence-corrected chi connectivity index (χ2v) is 2.53. The Morgan fingerprint density at radius 2 is 2.21 bits per heavy atom. The minimum atomic E-state index is -2.94. The summed E-state index contributed by atoms with van der Waals surface area (Å²) in [5.74, 6) is -0.972. The van der Waals surface area contributed by atoms with E-state index in [1.807, 2.05) is 0 Å². The van der Waals surface area contributed by atoms with Crippen molar-refractivity contribution in [3.05, 3.63) is 23.3 Å². The summed E-state index contributed by atoms with van der Waals surface area (Å²) in [7, 11) is 0. The minimum Gasteiger partial charge on any atom is -0.395 e. The topological polar surface area (TPSA) is 62.7 Å². The normalized spacial score (nSPS) is 10.2. The Morgan fingerprint density at radius 3 is 2.71 bits per heavy atom. The molecule has 0 saturated heterocycles. The van der Waals surface area contributed by atoms with Gasteiger partial charge in [0.1, 0.15) is 11.5 Å². The molecule has 2 N–H and O–H groups in total. The second kappa shape index (κ2) is 3.96. The summed E-state index contributed by atoms with van der Waals surface area (Å²) in [5, 5.41) is 8.28. The van der Waals surface area contributed by atoms with Gasteiger partial charge < -0.3 is 5.73 Å². The molecule has 1 aromatic heterocycles. The van der Waals surface area contributed by atoms with Gasteiger partial charge in [0.25, 0.3) is 6.43 Å². The van der Waals surface area contributed by atoms with Crippen molar-refractivity contribution in [2.45, 2.75) is 12.8 Å². The first kappa shape index (κ1) is 10.3. The zero-order chi connectivity index (χ0) is 10.7. The smallest absolute Gasteiger partial charge is 0.282 e. The maximum Gasteiger partial charge on any atom is 0.282 e. The van der Waals surface area contributed by atoms with Gasteiger partial charge in [-0.15, -0.1) is 0 Å². The summed E-state index contributed by atoms with van der Waals surface area (Å²) in [4.78, 5) is 3.38. The maximum atomic E-state index is 12.9. The van der Waals surface area contributed by atoms with Gasteiger partial charge >= 0.3 is 0 Å². The van der Waals surface area contributed by atoms with Gasteiger partial charge in [-0.2, -0.15) is 5.26 Å². The molecule has 0 aliphatic carbocycles. The molecule has 3 nitrogen and oxygen atoms in total. The third-order valence-corrected chi connectivity index (χ3v) is 1.56. The first-order valence-electron chi connectivity index (χ1n) is 3.66. The number of alkyl halides is 2. The van der Waals surface area contributed by atoms with Gasteiger partial charge in [0, 0.05) is 0 Å². The number of nitrogen functional groups attached to an aromatic ring is 1. The molecule has 0 aliphatic heterocycles. The highest BCUT2D eigenvalue weighted by atomic mass is 19.3. The maximum absolute atomic E-state index is 12.9. The molecule has 0 bridgehead atoms. The van der Waals surface area contributed by atoms with Gasteiger partial charge in [0.2, 0.25) is 0 Å². The van der Waals surface area contributed by atoms with Crippen LogP contribution in [0.15, 0.2) is 6.07 Å². The van der Waals surface area contributed by atoms with Gasteiger partial charge in [-0.05, 0) is 6.07 Å². The van der Waals surface area contributed by atoms with E-state index in [4.69, 9.17) is 11.0 Å². The highest BCUT2D eigenvalue weighted by Crippen LogP contribution is 2.25. The second-order valence-electron chi connectivity index (χ2n) is 2.53. The average Bonchev–Trinajstić information content (AvgIpc) is 2.11. The lowest BCUT2D eigenvalue weighted by molar-refractivity contribution is 0.146. The van der Waals surface area contributed by atoms with Crippen LogP contribution in [0.5, 0.6) is 0 Å². The molecule has 1 aromatic rings. The van der Waals surface area contributed by atoms with E-state index in [9.17, 15) is 13.2 Å². The van der Waals surface area contributed by atoms with Crippen molar-refractivity contribution in [3.63, 3.8) is 0 Å². The fourth-order valence-electron chi connectivity index (χ4n) is 0.931. The predicted molar refractivity (Wildman–Crippen MR) is 42.9 cm³/mol. The number of anilines is 1. The molecular formula is C8H6F3N3. The molecule has 0 fully saturated rings. The number of hydrogen-bond acceptors (Lipinski definition) is 3. The standard InChI is InChI=1S/C8H6F3N3/c9-5-3-4(1-2-12)14-7(6(5)13)8(10)11/h3,8H,1,13H2. The highest BCUT2D eigenvalue weighted by Gasteiger charge is 2.17. The summed E-state index contributed by atoms with van der Waals surface area (Å²) < 4.78 is 37.4. The Kier molecular flexibility index (Phi) is 2.92. The van der Waals surface area contributed by atoms with Crippen LogP contribution in [0.4, 0.5) is 18.9 Å². The van der Waals surface area contributed by atoms with Gasteiger partial charge in [0.05, 0.1) is 23.9 Å². The molecule has 0 aliphatic rings. The fourth-order valence-corrected chi connectivity index (χ4v) is 0.931. The molecule has 0 saturated carbocycles. The average molecular weight is 201 g/mol. The molecule has 0 radical (unpaired) electrons. The van der Waals surface area contributed by atoms with Gasteiger partial charge in [-0.3, -0.25) is 0 Å². The Hall–Kier alpha value is -1.77. The summed E-state index contributed by atoms with van der Waals surface area (Å²) >= 11 is 0. The lowest BCUT2D eigenvalue weighted by Crippen LogP contribution is -2.04. The lowest BCUT2D eigenvalue weighted by Gasteiger charge is -2.06. The number of aromatic nitrogens is 1. The van der Waals surface area contributed by atoms with E-state index >= 15 is 0 Å². The lowest BCUT2D eigenvalue weighted by atomic mass is 10.2. The van der Waals surface area contributed by atoms with Crippen LogP contribution in [0.3, 0.4) is 0 Å². The van der Waals surface area contributed by atoms with Crippen molar-refractivity contribution in [2.75, 3.05) is 5.73 Å². The van der Waals surface area contributed by atoms with Crippen LogP contribution in [-0.4, -0.2) is 4.98 Å². The van der Waals surface area contributed by atoms with Crippen LogP contribution in [0, 0.1) is 17.1 Å². The highest BCUT2D eigenvalue weighted by molar-refractivity contribution is 5.45. The van der Waals surface area contributed by atoms with Crippen LogP contribution in [-0.2, 0) is 6.42 Å². The number of hydrogen-bond donors (Lipinski definition) is 1. The number of nitrogens with zero attached hydrogens (tertiary/aromatic N) is 2. The summed E-state index contributed by atoms with van der Waals surface area (Å²) in [6.07, 6.45) is -3.17. The molecule has 74 valence electrons. The van der Waals surface area contributed by atoms with Crippen LogP contribution in [0.2, 0.25) is 0 Å². The molecular weight excluding hydrogens is 195 g/mol. The number of pyridine rings is 1. The van der Waals surface area contributed by atoms with Crippen molar-refractivity contribution in [1.29, 1.82) is 5.26 Å². The third-order valence-electron chi connectivity index (χ3n) is 1.56. The van der Waals surface area contributed by atoms with E-state index in [1.54, 1.807) is 6.07 Å². The van der Waals surface area contributed by atoms with E-state index in [2.05, 4.69) is 4.98 Å². The summed E-state index contributed by atoms with van der Waals surface area (Å²) in [6.45, 7) is 0. The van der Waals surface area contributed by atoms with Crippen molar-refractivity contribution in [2.24, 2.45) is 0 Å². The van der Waals surface area contributed by atoms with Crippen LogP contribution in [0.25, 0.3) is 0 Å². The first-order chi connectivity index (χ1) is 6.56. The largest absolute Gasteiger partial charge is 0.395 e. The molecule has 0 aromatic carbocycles. The van der Waals surface area contributed by atoms with Crippen LogP contribution < -0.4 is 5.73 Å². The Balaban J connectivity index is 3.22. The number of rotatable bonds is 2. The Labute approximate surface area is 78.0 Å². The SMILES string of the molecule is N#CCc1cc(F)c(N)c(C(F)F)n1. The van der Waals surface area contributed by atoms with Crippen molar-refractivity contribution in [3.8, 4) is 6.07 Å². The van der Waals surface area contributed by atoms with Crippen LogP contribution in [0.1, 0.15) is 17.8 Å². The predicted octanol–water partition coefficient (Wildman–Crippen LogP) is 1.81. The van der Waals surface area contributed by atoms with E-state index in [1.165, 1.54) is 0 Å². The number of nitriles is 1. The third kappa shape index (κ3) is 1.93. The fraction of sp³-hybridized carbons (Fsp3) is 0.250. The van der Waals surface area contributed by atoms with Crippen molar-refractivity contribution >= 4 is 5.69 Å². The molecule has 0 atom stereocenters. The van der Waals surface area contributed by atoms with E-state index < -0.39 is 23.6 Å². The Morgan fingerprint density at radius 1 is 1.57 bits per heavy atom. The molecule has 0 spiro atoms. The van der Waals surface area contributed by atoms with Gasteiger partial charge in [-0.25, -0.2) is 18.2 Å². The summed E-state index contributed by atoms with van der Waals surface area (Å²) in [5.41, 5.74) is 3.53. The molecule has 0 amide bonds. The molecule has 6 heteroatoms. The molecule has 1 heterocycles. The van der Waals surface area contributed by atoms with Gasteiger partial charge in [-0.1, -0.05) is 0 Å². The monoisotopic (exact) mass is 201 g/mol. The van der Waals surface area contributed by atoms with Gasteiger partial charge in [0.15, 0.2) is 0 Å². The molecule has 14 heavy (non-hydrogen) atoms. The van der Waals surface area contributed by atoms with E-state index in [0.717, 1.165) is 6.07 Å². The number of halogens is 3.